The summed E-state index contributed by atoms with van der Waals surface area (Å²) in [7, 11) is 4.17. The van der Waals surface area contributed by atoms with E-state index in [-0.39, 0.29) is 0 Å². The first kappa shape index (κ1) is 14.8. The summed E-state index contributed by atoms with van der Waals surface area (Å²) in [6.07, 6.45) is 5.62. The molecule has 1 atom stereocenters. The maximum absolute atomic E-state index is 12.3. The van der Waals surface area contributed by atoms with Gasteiger partial charge in [0.25, 0.3) is 0 Å². The number of likely N-dealkylation sites (tertiary alicyclic amines) is 1. The second-order valence-corrected chi connectivity index (χ2v) is 6.44. The van der Waals surface area contributed by atoms with Gasteiger partial charge in [-0.2, -0.15) is 0 Å². The maximum atomic E-state index is 12.3. The van der Waals surface area contributed by atoms with E-state index in [1.807, 2.05) is 11.9 Å². The van der Waals surface area contributed by atoms with E-state index in [0.29, 0.717) is 17.7 Å². The van der Waals surface area contributed by atoms with Crippen molar-refractivity contribution in [1.82, 2.24) is 15.1 Å². The van der Waals surface area contributed by atoms with Crippen molar-refractivity contribution in [2.24, 2.45) is 11.8 Å². The van der Waals surface area contributed by atoms with Crippen molar-refractivity contribution in [3.63, 3.8) is 0 Å². The molecule has 0 aromatic heterocycles. The molecule has 19 heavy (non-hydrogen) atoms. The molecule has 0 aliphatic carbocycles. The molecule has 1 unspecified atom stereocenters. The van der Waals surface area contributed by atoms with Crippen LogP contribution in [0.25, 0.3) is 0 Å². The van der Waals surface area contributed by atoms with Crippen LogP contribution in [0.5, 0.6) is 0 Å². The molecule has 2 aliphatic heterocycles. The Balaban J connectivity index is 1.72. The van der Waals surface area contributed by atoms with Crippen LogP contribution in [0.2, 0.25) is 0 Å². The summed E-state index contributed by atoms with van der Waals surface area (Å²) < 4.78 is 0. The fourth-order valence-corrected chi connectivity index (χ4v) is 3.40. The molecule has 0 saturated carbocycles. The molecule has 0 spiro atoms. The zero-order valence-electron chi connectivity index (χ0n) is 12.5. The van der Waals surface area contributed by atoms with Crippen LogP contribution in [-0.2, 0) is 4.79 Å². The smallest absolute Gasteiger partial charge is 0.222 e. The summed E-state index contributed by atoms with van der Waals surface area (Å²) in [5.74, 6) is 1.62. The SMILES string of the molecule is CN1CCCC(CN(C)C(=O)CC2CCNCC2)C1. The number of carbonyl (C=O) groups is 1. The summed E-state index contributed by atoms with van der Waals surface area (Å²) in [4.78, 5) is 16.6. The van der Waals surface area contributed by atoms with Gasteiger partial charge in [-0.25, -0.2) is 0 Å². The zero-order chi connectivity index (χ0) is 13.7. The molecule has 2 rings (SSSR count). The lowest BCUT2D eigenvalue weighted by atomic mass is 9.93. The number of amides is 1. The van der Waals surface area contributed by atoms with Gasteiger partial charge in [0.1, 0.15) is 0 Å². The van der Waals surface area contributed by atoms with E-state index in [2.05, 4.69) is 17.3 Å². The van der Waals surface area contributed by atoms with Crippen molar-refractivity contribution in [1.29, 1.82) is 0 Å². The van der Waals surface area contributed by atoms with Crippen molar-refractivity contribution < 1.29 is 4.79 Å². The Hall–Kier alpha value is -0.610. The van der Waals surface area contributed by atoms with E-state index in [1.165, 1.54) is 19.4 Å². The van der Waals surface area contributed by atoms with Gasteiger partial charge < -0.3 is 15.1 Å². The maximum Gasteiger partial charge on any atom is 0.222 e. The number of carbonyl (C=O) groups excluding carboxylic acids is 1. The summed E-state index contributed by atoms with van der Waals surface area (Å²) in [6.45, 7) is 5.45. The average Bonchev–Trinajstić information content (AvgIpc) is 2.40. The van der Waals surface area contributed by atoms with Crippen LogP contribution in [0.1, 0.15) is 32.1 Å². The van der Waals surface area contributed by atoms with E-state index in [0.717, 1.165) is 45.4 Å². The second kappa shape index (κ2) is 7.25. The highest BCUT2D eigenvalue weighted by Crippen LogP contribution is 2.19. The number of nitrogens with zero attached hydrogens (tertiary/aromatic N) is 2. The minimum absolute atomic E-state index is 0.347. The third-order valence-corrected chi connectivity index (χ3v) is 4.60. The summed E-state index contributed by atoms with van der Waals surface area (Å²) in [5, 5.41) is 3.36. The first-order chi connectivity index (χ1) is 9.15. The van der Waals surface area contributed by atoms with Crippen LogP contribution in [0.3, 0.4) is 0 Å². The molecular formula is C15H29N3O. The lowest BCUT2D eigenvalue weighted by Gasteiger charge is -2.33. The van der Waals surface area contributed by atoms with Crippen LogP contribution in [0.15, 0.2) is 0 Å². The Labute approximate surface area is 117 Å². The van der Waals surface area contributed by atoms with E-state index >= 15 is 0 Å². The lowest BCUT2D eigenvalue weighted by Crippen LogP contribution is -2.40. The van der Waals surface area contributed by atoms with Crippen molar-refractivity contribution in [2.75, 3.05) is 46.8 Å². The Kier molecular flexibility index (Phi) is 5.64. The van der Waals surface area contributed by atoms with Gasteiger partial charge in [0.05, 0.1) is 0 Å². The van der Waals surface area contributed by atoms with Gasteiger partial charge >= 0.3 is 0 Å². The molecule has 2 heterocycles. The van der Waals surface area contributed by atoms with Gasteiger partial charge in [0.2, 0.25) is 5.91 Å². The average molecular weight is 267 g/mol. The van der Waals surface area contributed by atoms with E-state index in [1.54, 1.807) is 0 Å². The summed E-state index contributed by atoms with van der Waals surface area (Å²) in [6, 6.07) is 0. The molecule has 4 heteroatoms. The monoisotopic (exact) mass is 267 g/mol. The Bertz CT molecular complexity index is 289. The van der Waals surface area contributed by atoms with E-state index in [4.69, 9.17) is 0 Å². The van der Waals surface area contributed by atoms with Crippen molar-refractivity contribution >= 4 is 5.91 Å². The minimum Gasteiger partial charge on any atom is -0.345 e. The van der Waals surface area contributed by atoms with Gasteiger partial charge in [-0.1, -0.05) is 0 Å². The summed E-state index contributed by atoms with van der Waals surface area (Å²) >= 11 is 0. The Morgan fingerprint density at radius 3 is 2.68 bits per heavy atom. The van der Waals surface area contributed by atoms with Gasteiger partial charge in [-0.05, 0) is 64.2 Å². The minimum atomic E-state index is 0.347. The predicted molar refractivity (Wildman–Crippen MR) is 78.1 cm³/mol. The molecule has 2 saturated heterocycles. The second-order valence-electron chi connectivity index (χ2n) is 6.44. The quantitative estimate of drug-likeness (QED) is 0.831. The topological polar surface area (TPSA) is 35.6 Å². The van der Waals surface area contributed by atoms with Gasteiger partial charge in [0.15, 0.2) is 0 Å². The highest BCUT2D eigenvalue weighted by molar-refractivity contribution is 5.76. The molecule has 0 radical (unpaired) electrons. The van der Waals surface area contributed by atoms with Crippen molar-refractivity contribution in [2.45, 2.75) is 32.1 Å². The first-order valence-electron chi connectivity index (χ1n) is 7.78. The third-order valence-electron chi connectivity index (χ3n) is 4.60. The van der Waals surface area contributed by atoms with Crippen LogP contribution in [0, 0.1) is 11.8 Å². The fourth-order valence-electron chi connectivity index (χ4n) is 3.40. The first-order valence-corrected chi connectivity index (χ1v) is 7.78. The predicted octanol–water partition coefficient (Wildman–Crippen LogP) is 1.18. The molecule has 2 fully saturated rings. The highest BCUT2D eigenvalue weighted by atomic mass is 16.2. The normalized spacial score (nSPS) is 26.3. The van der Waals surface area contributed by atoms with Gasteiger partial charge in [-0.15, -0.1) is 0 Å². The fraction of sp³-hybridized carbons (Fsp3) is 0.933. The largest absolute Gasteiger partial charge is 0.345 e. The molecule has 0 aromatic carbocycles. The molecule has 110 valence electrons. The highest BCUT2D eigenvalue weighted by Gasteiger charge is 2.23. The van der Waals surface area contributed by atoms with E-state index < -0.39 is 0 Å². The molecule has 4 nitrogen and oxygen atoms in total. The standard InChI is InChI=1S/C15H29N3O/c1-17-9-3-4-14(11-17)12-18(2)15(19)10-13-5-7-16-8-6-13/h13-14,16H,3-12H2,1-2H3. The number of rotatable bonds is 4. The summed E-state index contributed by atoms with van der Waals surface area (Å²) in [5.41, 5.74) is 0. The third kappa shape index (κ3) is 4.77. The van der Waals surface area contributed by atoms with Gasteiger partial charge in [0, 0.05) is 26.6 Å². The number of hydrogen-bond acceptors (Lipinski definition) is 3. The molecular weight excluding hydrogens is 238 g/mol. The van der Waals surface area contributed by atoms with Crippen molar-refractivity contribution in [3.8, 4) is 0 Å². The molecule has 0 aromatic rings. The van der Waals surface area contributed by atoms with Crippen LogP contribution in [0.4, 0.5) is 0 Å². The molecule has 1 N–H and O–H groups in total. The number of nitrogens with one attached hydrogen (secondary N) is 1. The Morgan fingerprint density at radius 1 is 1.26 bits per heavy atom. The van der Waals surface area contributed by atoms with Gasteiger partial charge in [-0.3, -0.25) is 4.79 Å². The van der Waals surface area contributed by atoms with E-state index in [9.17, 15) is 4.79 Å². The molecule has 1 amide bonds. The molecule has 0 bridgehead atoms. The number of hydrogen-bond donors (Lipinski definition) is 1. The molecule has 2 aliphatic rings. The van der Waals surface area contributed by atoms with Crippen molar-refractivity contribution in [3.05, 3.63) is 0 Å². The zero-order valence-corrected chi connectivity index (χ0v) is 12.5. The number of piperidine rings is 2. The Morgan fingerprint density at radius 2 is 2.00 bits per heavy atom. The van der Waals surface area contributed by atoms with Crippen LogP contribution < -0.4 is 5.32 Å². The lowest BCUT2D eigenvalue weighted by molar-refractivity contribution is -0.131. The van der Waals surface area contributed by atoms with Crippen LogP contribution in [-0.4, -0.2) is 62.5 Å². The van der Waals surface area contributed by atoms with Crippen LogP contribution >= 0.6 is 0 Å².